The number of nitrogens with zero attached hydrogens (tertiary/aromatic N) is 2. The highest BCUT2D eigenvalue weighted by Gasteiger charge is 2.48. The van der Waals surface area contributed by atoms with E-state index >= 15 is 0 Å². The number of benzene rings is 10. The zero-order valence-electron chi connectivity index (χ0n) is 36.1. The summed E-state index contributed by atoms with van der Waals surface area (Å²) in [6.45, 7) is 4.77. The maximum Gasteiger partial charge on any atom is 0.0735 e. The molecule has 3 heteroatoms. The third-order valence-corrected chi connectivity index (χ3v) is 16.0. The van der Waals surface area contributed by atoms with Gasteiger partial charge in [-0.05, 0) is 128 Å². The van der Waals surface area contributed by atoms with E-state index in [1.165, 1.54) is 98.0 Å². The molecule has 0 N–H and O–H groups in total. The Morgan fingerprint density at radius 1 is 0.385 bits per heavy atom. The number of aromatic nitrogens is 1. The van der Waals surface area contributed by atoms with Gasteiger partial charge in [0.2, 0.25) is 0 Å². The van der Waals surface area contributed by atoms with Crippen LogP contribution in [0.25, 0.3) is 60.5 Å². The van der Waals surface area contributed by atoms with E-state index in [9.17, 15) is 0 Å². The molecule has 14 rings (SSSR count). The second-order valence-corrected chi connectivity index (χ2v) is 19.5. The summed E-state index contributed by atoms with van der Waals surface area (Å²) in [5.74, 6) is 0. The predicted octanol–water partition coefficient (Wildman–Crippen LogP) is 16.5. The van der Waals surface area contributed by atoms with E-state index in [1.54, 1.807) is 0 Å². The van der Waals surface area contributed by atoms with E-state index in [2.05, 4.69) is 242 Å². The lowest BCUT2D eigenvalue weighted by Gasteiger charge is -2.46. The SMILES string of the molecule is CC1(C)c2ccccc2-c2ccc(N(c3ccc4c(c3)c3ccccc3n4-c3ccccc3)c3ccc4c5c(cccc35)C3(c5ccccc5Sc5ccccc53)c3ccccc3-4)cc21. The Labute approximate surface area is 383 Å². The van der Waals surface area contributed by atoms with Gasteiger partial charge in [0.15, 0.2) is 0 Å². The van der Waals surface area contributed by atoms with Crippen molar-refractivity contribution in [3.63, 3.8) is 0 Å². The molecule has 306 valence electrons. The van der Waals surface area contributed by atoms with Crippen molar-refractivity contribution in [2.24, 2.45) is 0 Å². The van der Waals surface area contributed by atoms with Crippen molar-refractivity contribution < 1.29 is 0 Å². The fourth-order valence-electron chi connectivity index (χ4n) is 12.1. The molecule has 0 atom stereocenters. The summed E-state index contributed by atoms with van der Waals surface area (Å²) in [5.41, 5.74) is 19.6. The number of hydrogen-bond donors (Lipinski definition) is 0. The monoisotopic (exact) mass is 846 g/mol. The highest BCUT2D eigenvalue weighted by Crippen LogP contribution is 2.62. The minimum atomic E-state index is -0.507. The van der Waals surface area contributed by atoms with Gasteiger partial charge in [0, 0.05) is 48.4 Å². The molecule has 0 saturated heterocycles. The molecule has 0 fully saturated rings. The van der Waals surface area contributed by atoms with E-state index in [-0.39, 0.29) is 5.41 Å². The second-order valence-electron chi connectivity index (χ2n) is 18.4. The molecule has 0 amide bonds. The second kappa shape index (κ2) is 13.5. The standard InChI is InChI=1S/C62H42N2S/c1-61(2)49-23-9-6-19-42(49)44-33-31-41(38-54(44)61)63(40-32-35-57-48(37-40)45-21-8-13-28-55(45)64(57)39-17-4-3-5-18-39)56-36-34-46-43-20-7-10-24-50(43)62(53-27-16-22-47(56)60(46)53)51-25-11-14-29-58(51)65-59-30-15-12-26-52(59)62/h3-38H,1-2H3. The van der Waals surface area contributed by atoms with Gasteiger partial charge in [-0.3, -0.25) is 0 Å². The molecule has 3 aliphatic rings. The van der Waals surface area contributed by atoms with E-state index in [0.717, 1.165) is 22.7 Å². The van der Waals surface area contributed by atoms with Gasteiger partial charge < -0.3 is 9.47 Å². The maximum atomic E-state index is 2.54. The summed E-state index contributed by atoms with van der Waals surface area (Å²) in [4.78, 5) is 5.16. The Kier molecular flexibility index (Phi) is 7.63. The Bertz CT molecular complexity index is 3750. The number of hydrogen-bond acceptors (Lipinski definition) is 2. The molecule has 0 saturated carbocycles. The van der Waals surface area contributed by atoms with Crippen molar-refractivity contribution in [3.8, 4) is 27.9 Å². The van der Waals surface area contributed by atoms with Crippen LogP contribution < -0.4 is 4.90 Å². The van der Waals surface area contributed by atoms with Gasteiger partial charge in [0.05, 0.1) is 22.1 Å². The summed E-state index contributed by atoms with van der Waals surface area (Å²) < 4.78 is 2.41. The number of rotatable bonds is 4. The van der Waals surface area contributed by atoms with E-state index in [1.807, 2.05) is 11.8 Å². The van der Waals surface area contributed by atoms with Crippen LogP contribution in [-0.4, -0.2) is 4.57 Å². The van der Waals surface area contributed by atoms with Gasteiger partial charge in [-0.15, -0.1) is 0 Å². The van der Waals surface area contributed by atoms with E-state index < -0.39 is 5.41 Å². The zero-order valence-corrected chi connectivity index (χ0v) is 36.9. The van der Waals surface area contributed by atoms with Crippen molar-refractivity contribution in [1.82, 2.24) is 4.57 Å². The van der Waals surface area contributed by atoms with Crippen molar-refractivity contribution in [1.29, 1.82) is 0 Å². The largest absolute Gasteiger partial charge is 0.310 e. The van der Waals surface area contributed by atoms with E-state index in [4.69, 9.17) is 0 Å². The molecular formula is C62H42N2S. The van der Waals surface area contributed by atoms with Crippen molar-refractivity contribution in [2.45, 2.75) is 34.5 Å². The van der Waals surface area contributed by atoms with Crippen molar-refractivity contribution >= 4 is 61.4 Å². The van der Waals surface area contributed by atoms with Crippen LogP contribution in [0.15, 0.2) is 228 Å². The van der Waals surface area contributed by atoms with Gasteiger partial charge in [-0.25, -0.2) is 0 Å². The lowest BCUT2D eigenvalue weighted by atomic mass is 9.59. The Balaban J connectivity index is 1.08. The van der Waals surface area contributed by atoms with Gasteiger partial charge in [-0.1, -0.05) is 177 Å². The van der Waals surface area contributed by atoms with Crippen LogP contribution in [0.3, 0.4) is 0 Å². The van der Waals surface area contributed by atoms with E-state index in [0.29, 0.717) is 0 Å². The quantitative estimate of drug-likeness (QED) is 0.174. The average molecular weight is 847 g/mol. The fourth-order valence-corrected chi connectivity index (χ4v) is 13.3. The molecule has 1 aliphatic heterocycles. The molecule has 11 aromatic rings. The normalized spacial score (nSPS) is 14.5. The fraction of sp³-hybridized carbons (Fsp3) is 0.0645. The molecule has 10 aromatic carbocycles. The number of para-hydroxylation sites is 2. The van der Waals surface area contributed by atoms with Crippen LogP contribution in [-0.2, 0) is 10.8 Å². The predicted molar refractivity (Wildman–Crippen MR) is 272 cm³/mol. The maximum absolute atomic E-state index is 2.54. The number of fused-ring (bicyclic) bond motifs is 14. The van der Waals surface area contributed by atoms with Gasteiger partial charge in [-0.2, -0.15) is 0 Å². The minimum Gasteiger partial charge on any atom is -0.310 e. The smallest absolute Gasteiger partial charge is 0.0735 e. The lowest BCUT2D eigenvalue weighted by Crippen LogP contribution is -2.36. The first-order valence-corrected chi connectivity index (χ1v) is 23.5. The van der Waals surface area contributed by atoms with Crippen molar-refractivity contribution in [2.75, 3.05) is 4.90 Å². The Hall–Kier alpha value is -7.59. The van der Waals surface area contributed by atoms with Crippen LogP contribution in [0.2, 0.25) is 0 Å². The third-order valence-electron chi connectivity index (χ3n) is 14.8. The Morgan fingerprint density at radius 3 is 1.72 bits per heavy atom. The molecule has 0 bridgehead atoms. The highest BCUT2D eigenvalue weighted by atomic mass is 32.2. The first kappa shape index (κ1) is 36.8. The summed E-state index contributed by atoms with van der Waals surface area (Å²) in [6, 6.07) is 82.1. The zero-order chi connectivity index (χ0) is 43.0. The van der Waals surface area contributed by atoms with Crippen LogP contribution in [0, 0.1) is 0 Å². The van der Waals surface area contributed by atoms with Gasteiger partial charge in [0.25, 0.3) is 0 Å². The summed E-state index contributed by atoms with van der Waals surface area (Å²) >= 11 is 1.89. The first-order valence-electron chi connectivity index (χ1n) is 22.7. The van der Waals surface area contributed by atoms with Crippen LogP contribution in [0.5, 0.6) is 0 Å². The van der Waals surface area contributed by atoms with Crippen LogP contribution in [0.1, 0.15) is 47.2 Å². The van der Waals surface area contributed by atoms with Crippen molar-refractivity contribution in [3.05, 3.63) is 252 Å². The topological polar surface area (TPSA) is 8.17 Å². The number of anilines is 3. The highest BCUT2D eigenvalue weighted by molar-refractivity contribution is 7.99. The molecule has 65 heavy (non-hydrogen) atoms. The first-order chi connectivity index (χ1) is 32.0. The summed E-state index contributed by atoms with van der Waals surface area (Å²) in [7, 11) is 0. The summed E-state index contributed by atoms with van der Waals surface area (Å²) in [5, 5.41) is 5.00. The molecule has 2 nitrogen and oxygen atoms in total. The molecule has 1 spiro atoms. The van der Waals surface area contributed by atoms with Gasteiger partial charge in [0.1, 0.15) is 0 Å². The van der Waals surface area contributed by atoms with Crippen LogP contribution >= 0.6 is 11.8 Å². The molecule has 0 radical (unpaired) electrons. The molecule has 1 aromatic heterocycles. The summed E-state index contributed by atoms with van der Waals surface area (Å²) in [6.07, 6.45) is 0. The molecular weight excluding hydrogens is 805 g/mol. The van der Waals surface area contributed by atoms with Crippen LogP contribution in [0.4, 0.5) is 17.1 Å². The third kappa shape index (κ3) is 4.91. The lowest BCUT2D eigenvalue weighted by molar-refractivity contribution is 0.660. The molecule has 2 heterocycles. The Morgan fingerprint density at radius 2 is 0.938 bits per heavy atom. The minimum absolute atomic E-state index is 0.156. The average Bonchev–Trinajstić information content (AvgIpc) is 3.81. The molecule has 2 aliphatic carbocycles. The molecule has 0 unspecified atom stereocenters. The van der Waals surface area contributed by atoms with Gasteiger partial charge >= 0.3 is 0 Å².